The van der Waals surface area contributed by atoms with Gasteiger partial charge in [0.05, 0.1) is 21.9 Å². The summed E-state index contributed by atoms with van der Waals surface area (Å²) in [7, 11) is -3.63. The molecule has 174 valence electrons. The molecule has 2 heterocycles. The molecule has 1 amide bonds. The number of carbonyl (C=O) groups excluding carboxylic acids is 2. The number of sulfone groups is 1. The van der Waals surface area contributed by atoms with Crippen molar-refractivity contribution < 1.29 is 27.1 Å². The van der Waals surface area contributed by atoms with E-state index >= 15 is 0 Å². The maximum atomic E-state index is 13.0. The number of hydrogen-bond donors (Lipinski definition) is 1. The van der Waals surface area contributed by atoms with E-state index in [4.69, 9.17) is 21.7 Å². The van der Waals surface area contributed by atoms with E-state index in [1.165, 1.54) is 43.3 Å². The predicted octanol–water partition coefficient (Wildman–Crippen LogP) is 3.71. The highest BCUT2D eigenvalue weighted by Gasteiger charge is 2.39. The summed E-state index contributed by atoms with van der Waals surface area (Å²) >= 11 is 6.93. The van der Waals surface area contributed by atoms with Crippen LogP contribution < -0.4 is 4.74 Å². The van der Waals surface area contributed by atoms with Gasteiger partial charge in [-0.2, -0.15) is 10.0 Å². The van der Waals surface area contributed by atoms with Crippen LogP contribution in [-0.4, -0.2) is 46.4 Å². The summed E-state index contributed by atoms with van der Waals surface area (Å²) < 4.78 is 42.2. The largest absolute Gasteiger partial charge is 0.421 e. The Hall–Kier alpha value is -3.35. The molecule has 34 heavy (non-hydrogen) atoms. The molecule has 0 aromatic heterocycles. The fourth-order valence-electron chi connectivity index (χ4n) is 2.82. The van der Waals surface area contributed by atoms with Gasteiger partial charge >= 0.3 is 5.97 Å². The van der Waals surface area contributed by atoms with E-state index in [1.807, 2.05) is 0 Å². The van der Waals surface area contributed by atoms with Gasteiger partial charge in [-0.25, -0.2) is 17.6 Å². The van der Waals surface area contributed by atoms with Crippen molar-refractivity contribution in [3.8, 4) is 5.75 Å². The summed E-state index contributed by atoms with van der Waals surface area (Å²) in [6.07, 6.45) is 1.34. The number of amides is 1. The molecule has 0 atom stereocenters. The average Bonchev–Trinajstić information content (AvgIpc) is 3.24. The maximum absolute atomic E-state index is 13.0. The van der Waals surface area contributed by atoms with E-state index in [1.54, 1.807) is 0 Å². The summed E-state index contributed by atoms with van der Waals surface area (Å²) in [6.45, 7) is 1.46. The van der Waals surface area contributed by atoms with Crippen LogP contribution in [0, 0.1) is 11.2 Å². The minimum Gasteiger partial charge on any atom is -0.421 e. The second-order valence-electron chi connectivity index (χ2n) is 6.88. The van der Waals surface area contributed by atoms with Crippen LogP contribution in [0.4, 0.5) is 4.39 Å². The lowest BCUT2D eigenvalue weighted by molar-refractivity contribution is -0.114. The van der Waals surface area contributed by atoms with E-state index in [0.29, 0.717) is 17.3 Å². The van der Waals surface area contributed by atoms with E-state index in [-0.39, 0.29) is 43.0 Å². The van der Waals surface area contributed by atoms with Crippen molar-refractivity contribution in [1.82, 2.24) is 5.01 Å². The van der Waals surface area contributed by atoms with E-state index in [0.717, 1.165) is 17.1 Å². The number of benzene rings is 2. The molecule has 0 spiro atoms. The minimum absolute atomic E-state index is 0.0136. The molecular weight excluding hydrogens is 507 g/mol. The first-order valence-electron chi connectivity index (χ1n) is 9.59. The van der Waals surface area contributed by atoms with Crippen molar-refractivity contribution >= 4 is 66.5 Å². The van der Waals surface area contributed by atoms with Gasteiger partial charge in [0.2, 0.25) is 19.4 Å². The Labute approximate surface area is 202 Å². The highest BCUT2D eigenvalue weighted by atomic mass is 35.5. The molecule has 0 radical (unpaired) electrons. The maximum Gasteiger partial charge on any atom is 0.343 e. The average molecular weight is 521 g/mol. The number of nitrogens with one attached hydrogen (secondary N) is 1. The van der Waals surface area contributed by atoms with Crippen LogP contribution in [0.2, 0.25) is 5.02 Å². The second-order valence-corrected chi connectivity index (χ2v) is 10.7. The van der Waals surface area contributed by atoms with Gasteiger partial charge in [0.1, 0.15) is 11.6 Å². The first kappa shape index (κ1) is 23.8. The fourth-order valence-corrected chi connectivity index (χ4v) is 5.22. The quantitative estimate of drug-likeness (QED) is 0.369. The van der Waals surface area contributed by atoms with Crippen molar-refractivity contribution in [2.24, 2.45) is 10.1 Å². The molecule has 0 aliphatic carbocycles. The van der Waals surface area contributed by atoms with Gasteiger partial charge in [0.15, 0.2) is 5.84 Å². The summed E-state index contributed by atoms with van der Waals surface area (Å²) in [4.78, 5) is 28.6. The molecular formula is C21H14ClFN4O5S2. The lowest BCUT2D eigenvalue weighted by Crippen LogP contribution is -2.35. The zero-order valence-electron chi connectivity index (χ0n) is 17.3. The molecule has 0 fully saturated rings. The van der Waals surface area contributed by atoms with Gasteiger partial charge in [-0.15, -0.1) is 5.10 Å². The Morgan fingerprint density at radius 2 is 1.97 bits per heavy atom. The van der Waals surface area contributed by atoms with Crippen molar-refractivity contribution in [2.45, 2.75) is 6.92 Å². The topological polar surface area (TPSA) is 129 Å². The van der Waals surface area contributed by atoms with Gasteiger partial charge in [0.25, 0.3) is 5.91 Å². The van der Waals surface area contributed by atoms with Crippen LogP contribution in [0.5, 0.6) is 5.75 Å². The van der Waals surface area contributed by atoms with Crippen LogP contribution in [-0.2, 0) is 14.6 Å². The monoisotopic (exact) mass is 520 g/mol. The number of ether oxygens (including phenoxy) is 1. The number of hydrazone groups is 1. The molecule has 1 N–H and O–H groups in total. The summed E-state index contributed by atoms with van der Waals surface area (Å²) in [5.41, 5.74) is 0.401. The molecule has 2 aromatic rings. The van der Waals surface area contributed by atoms with Crippen LogP contribution in [0.25, 0.3) is 6.08 Å². The van der Waals surface area contributed by atoms with Gasteiger partial charge in [0, 0.05) is 0 Å². The summed E-state index contributed by atoms with van der Waals surface area (Å²) in [6, 6.07) is 9.11. The molecule has 2 aromatic carbocycles. The molecule has 2 aliphatic heterocycles. The lowest BCUT2D eigenvalue weighted by Gasteiger charge is -2.20. The number of carbonyl (C=O) groups is 2. The van der Waals surface area contributed by atoms with Crippen LogP contribution >= 0.6 is 23.4 Å². The van der Waals surface area contributed by atoms with Crippen LogP contribution in [0.3, 0.4) is 0 Å². The van der Waals surface area contributed by atoms with Gasteiger partial charge in [-0.3, -0.25) is 10.2 Å². The van der Waals surface area contributed by atoms with Gasteiger partial charge in [-0.1, -0.05) is 24.6 Å². The number of nitrogens with zero attached hydrogens (tertiary/aromatic N) is 3. The van der Waals surface area contributed by atoms with E-state index in [2.05, 4.69) is 10.1 Å². The third kappa shape index (κ3) is 4.65. The number of halogens is 2. The number of aliphatic imine (C=N–C) groups is 1. The smallest absolute Gasteiger partial charge is 0.343 e. The molecule has 0 saturated carbocycles. The van der Waals surface area contributed by atoms with Crippen LogP contribution in [0.15, 0.2) is 58.1 Å². The van der Waals surface area contributed by atoms with Crippen molar-refractivity contribution in [3.63, 3.8) is 0 Å². The normalized spacial score (nSPS) is 16.9. The minimum atomic E-state index is -3.63. The molecule has 0 unspecified atom stereocenters. The fraction of sp³-hybridized carbons (Fsp3) is 0.0952. The number of amidine groups is 2. The van der Waals surface area contributed by atoms with Crippen molar-refractivity contribution in [1.29, 1.82) is 5.41 Å². The first-order chi connectivity index (χ1) is 16.1. The third-order valence-corrected chi connectivity index (χ3v) is 8.02. The van der Waals surface area contributed by atoms with Crippen molar-refractivity contribution in [2.75, 3.05) is 5.75 Å². The highest BCUT2D eigenvalue weighted by molar-refractivity contribution is 8.42. The van der Waals surface area contributed by atoms with E-state index in [9.17, 15) is 22.4 Å². The Kier molecular flexibility index (Phi) is 6.39. The highest BCUT2D eigenvalue weighted by Crippen LogP contribution is 2.32. The van der Waals surface area contributed by atoms with E-state index < -0.39 is 27.5 Å². The predicted molar refractivity (Wildman–Crippen MR) is 127 cm³/mol. The second kappa shape index (κ2) is 9.12. The number of esters is 1. The van der Waals surface area contributed by atoms with Crippen LogP contribution in [0.1, 0.15) is 22.8 Å². The first-order valence-corrected chi connectivity index (χ1v) is 12.4. The third-order valence-electron chi connectivity index (χ3n) is 4.63. The lowest BCUT2D eigenvalue weighted by atomic mass is 10.1. The zero-order chi connectivity index (χ0) is 24.6. The Bertz CT molecular complexity index is 1440. The molecule has 4 rings (SSSR count). The number of rotatable bonds is 4. The number of thioether (sulfide) groups is 1. The Morgan fingerprint density at radius 1 is 1.26 bits per heavy atom. The van der Waals surface area contributed by atoms with Gasteiger partial charge < -0.3 is 4.74 Å². The summed E-state index contributed by atoms with van der Waals surface area (Å²) in [5, 5.41) is 13.3. The zero-order valence-corrected chi connectivity index (χ0v) is 19.7. The van der Waals surface area contributed by atoms with Gasteiger partial charge in [-0.05, 0) is 59.8 Å². The number of fused-ring (bicyclic) bond motifs is 1. The molecule has 9 nitrogen and oxygen atoms in total. The molecule has 0 saturated heterocycles. The molecule has 13 heteroatoms. The summed E-state index contributed by atoms with van der Waals surface area (Å²) in [5.74, 6) is -2.45. The Balaban J connectivity index is 1.57. The molecule has 0 bridgehead atoms. The molecule has 2 aliphatic rings. The SMILES string of the molecule is CCS(=O)(=O)C1=NN2C(=N)/C(=C\c3ccc(OC(=O)c4ccc(F)cc4)c(Cl)c3)C(=O)N=C2S1. The van der Waals surface area contributed by atoms with Crippen molar-refractivity contribution in [3.05, 3.63) is 70.0 Å². The number of hydrogen-bond acceptors (Lipinski definition) is 8. The Morgan fingerprint density at radius 3 is 2.62 bits per heavy atom. The standard InChI is InChI=1S/C21H14ClFN4O5S2/c1-2-34(30,31)21-26-27-17(24)14(18(28)25-20(27)33-21)9-11-3-8-16(15(22)10-11)32-19(29)12-4-6-13(23)7-5-12/h3-10,24H,2H2,1H3/b14-9+,24-17?.